The van der Waals surface area contributed by atoms with E-state index in [0.717, 1.165) is 76.0 Å². The second-order valence-corrected chi connectivity index (χ2v) is 21.7. The van der Waals surface area contributed by atoms with Crippen molar-refractivity contribution >= 4 is 65.7 Å². The lowest BCUT2D eigenvalue weighted by molar-refractivity contribution is -0.114. The zero-order valence-electron chi connectivity index (χ0n) is 38.9. The first-order valence-electron chi connectivity index (χ1n) is 21.8. The third-order valence-electron chi connectivity index (χ3n) is 10.8. The number of aryl methyl sites for hydroxylation is 5. The number of carbonyl (C=O) groups excluding carboxylic acids is 1. The Kier molecular flexibility index (Phi) is 17.3. The fraction of sp³-hybridized carbons (Fsp3) is 0.294. The number of aromatic nitrogens is 1. The van der Waals surface area contributed by atoms with Crippen LogP contribution in [0.1, 0.15) is 132 Å². The average Bonchev–Trinajstić information content (AvgIpc) is 3.65. The zero-order chi connectivity index (χ0) is 49.2. The number of carboxylic acids is 2. The van der Waals surface area contributed by atoms with E-state index in [0.29, 0.717) is 27.9 Å². The molecule has 0 fully saturated rings. The monoisotopic (exact) mass is 966 g/mol. The summed E-state index contributed by atoms with van der Waals surface area (Å²) in [6.07, 6.45) is 3.00. The third-order valence-corrected chi connectivity index (χ3v) is 15.4. The van der Waals surface area contributed by atoms with Gasteiger partial charge < -0.3 is 15.5 Å². The van der Waals surface area contributed by atoms with E-state index in [1.807, 2.05) is 76.2 Å². The van der Waals surface area contributed by atoms with Crippen molar-refractivity contribution in [3.63, 3.8) is 0 Å². The number of amides is 1. The number of carboxylic acid groups (broad SMARTS) is 2. The van der Waals surface area contributed by atoms with Crippen LogP contribution >= 0.6 is 11.3 Å². The van der Waals surface area contributed by atoms with Gasteiger partial charge in [-0.25, -0.2) is 31.4 Å². The summed E-state index contributed by atoms with van der Waals surface area (Å²) in [5.41, 5.74) is 8.81. The van der Waals surface area contributed by atoms with Crippen molar-refractivity contribution in [1.29, 1.82) is 0 Å². The molecule has 0 aliphatic heterocycles. The van der Waals surface area contributed by atoms with Gasteiger partial charge in [0.05, 0.1) is 21.7 Å². The SMILES string of the molecule is CC(=O)Nc1nc(C)c(S(=O)(=O)Nc2ccc(CCc3ccc(C(=O)O)cc3)cc2)s1.CC(C)c1cc(C(C)C)c(S(=O)(=O)Nc2ccc(CCc3ccc(C(=O)O)cc3)cc2)c(C(C)C)c1. The summed E-state index contributed by atoms with van der Waals surface area (Å²) in [7, 11) is -7.62. The molecule has 67 heavy (non-hydrogen) atoms. The lowest BCUT2D eigenvalue weighted by Crippen LogP contribution is -2.19. The first kappa shape index (κ1) is 51.6. The van der Waals surface area contributed by atoms with Crippen LogP contribution in [0.15, 0.2) is 118 Å². The van der Waals surface area contributed by atoms with E-state index in [4.69, 9.17) is 10.2 Å². The Balaban J connectivity index is 0.000000254. The Hall–Kier alpha value is -6.36. The maximum Gasteiger partial charge on any atom is 0.335 e. The Labute approximate surface area is 397 Å². The smallest absolute Gasteiger partial charge is 0.335 e. The molecule has 6 rings (SSSR count). The summed E-state index contributed by atoms with van der Waals surface area (Å²) in [4.78, 5) is 37.5. The molecule has 1 aromatic heterocycles. The molecule has 0 saturated heterocycles. The highest BCUT2D eigenvalue weighted by Gasteiger charge is 2.27. The van der Waals surface area contributed by atoms with Crippen LogP contribution in [0.4, 0.5) is 16.5 Å². The molecule has 1 amide bonds. The van der Waals surface area contributed by atoms with Gasteiger partial charge >= 0.3 is 11.9 Å². The van der Waals surface area contributed by atoms with E-state index in [1.54, 1.807) is 67.6 Å². The van der Waals surface area contributed by atoms with E-state index in [9.17, 15) is 31.2 Å². The molecule has 0 saturated carbocycles. The normalized spacial score (nSPS) is 11.6. The van der Waals surface area contributed by atoms with Crippen LogP contribution in [-0.4, -0.2) is 49.9 Å². The Bertz CT molecular complexity index is 2880. The van der Waals surface area contributed by atoms with E-state index in [-0.39, 0.29) is 38.2 Å². The molecular formula is C51H58N4O9S3. The molecule has 13 nitrogen and oxygen atoms in total. The summed E-state index contributed by atoms with van der Waals surface area (Å²) < 4.78 is 58.1. The van der Waals surface area contributed by atoms with Crippen LogP contribution in [-0.2, 0) is 50.5 Å². The van der Waals surface area contributed by atoms with Crippen molar-refractivity contribution in [3.8, 4) is 0 Å². The summed E-state index contributed by atoms with van der Waals surface area (Å²) in [5.74, 6) is -1.76. The lowest BCUT2D eigenvalue weighted by Gasteiger charge is -2.23. The number of nitrogens with zero attached hydrogens (tertiary/aromatic N) is 1. The molecule has 0 atom stereocenters. The van der Waals surface area contributed by atoms with Crippen molar-refractivity contribution < 1.29 is 41.4 Å². The van der Waals surface area contributed by atoms with Gasteiger partial charge in [-0.1, -0.05) is 114 Å². The number of anilines is 3. The average molecular weight is 967 g/mol. The van der Waals surface area contributed by atoms with Gasteiger partial charge in [0.1, 0.15) is 0 Å². The fourth-order valence-electron chi connectivity index (χ4n) is 7.13. The van der Waals surface area contributed by atoms with Gasteiger partial charge in [0.15, 0.2) is 9.34 Å². The molecule has 0 unspecified atom stereocenters. The minimum absolute atomic E-state index is 0.0464. The molecule has 0 spiro atoms. The van der Waals surface area contributed by atoms with Crippen molar-refractivity contribution in [2.24, 2.45) is 0 Å². The highest BCUT2D eigenvalue weighted by molar-refractivity contribution is 7.94. The van der Waals surface area contributed by atoms with Gasteiger partial charge in [0, 0.05) is 18.3 Å². The largest absolute Gasteiger partial charge is 0.478 e. The highest BCUT2D eigenvalue weighted by Crippen LogP contribution is 2.36. The summed E-state index contributed by atoms with van der Waals surface area (Å²) in [6.45, 7) is 15.3. The summed E-state index contributed by atoms with van der Waals surface area (Å²) in [6, 6.07) is 32.2. The number of rotatable bonds is 18. The molecule has 0 aliphatic carbocycles. The van der Waals surface area contributed by atoms with E-state index >= 15 is 0 Å². The van der Waals surface area contributed by atoms with Gasteiger partial charge in [-0.15, -0.1) is 0 Å². The molecule has 0 aliphatic rings. The Morgan fingerprint density at radius 2 is 0.925 bits per heavy atom. The molecular weight excluding hydrogens is 909 g/mol. The predicted molar refractivity (Wildman–Crippen MR) is 266 cm³/mol. The minimum Gasteiger partial charge on any atom is -0.478 e. The Morgan fingerprint density at radius 3 is 1.25 bits per heavy atom. The maximum atomic E-state index is 13.7. The van der Waals surface area contributed by atoms with Crippen LogP contribution < -0.4 is 14.8 Å². The number of carbonyl (C=O) groups is 3. The quantitative estimate of drug-likeness (QED) is 0.0550. The second-order valence-electron chi connectivity index (χ2n) is 17.2. The molecule has 6 aromatic rings. The maximum absolute atomic E-state index is 13.7. The Morgan fingerprint density at radius 1 is 0.567 bits per heavy atom. The van der Waals surface area contributed by atoms with Gasteiger partial charge in [0.2, 0.25) is 5.91 Å². The second kappa shape index (κ2) is 22.4. The van der Waals surface area contributed by atoms with E-state index < -0.39 is 32.0 Å². The number of sulfonamides is 2. The number of hydrogen-bond donors (Lipinski definition) is 5. The first-order chi connectivity index (χ1) is 31.5. The molecule has 1 heterocycles. The van der Waals surface area contributed by atoms with Gasteiger partial charge in [-0.2, -0.15) is 0 Å². The fourth-order valence-corrected chi connectivity index (χ4v) is 11.4. The predicted octanol–water partition coefficient (Wildman–Crippen LogP) is 11.0. The molecule has 5 aromatic carbocycles. The minimum atomic E-state index is -3.83. The number of benzene rings is 5. The summed E-state index contributed by atoms with van der Waals surface area (Å²) >= 11 is 0.895. The van der Waals surface area contributed by atoms with Crippen LogP contribution in [0.5, 0.6) is 0 Å². The molecule has 0 radical (unpaired) electrons. The van der Waals surface area contributed by atoms with Crippen molar-refractivity contribution in [2.75, 3.05) is 14.8 Å². The number of thiazole rings is 1. The van der Waals surface area contributed by atoms with Gasteiger partial charge in [-0.3, -0.25) is 14.2 Å². The van der Waals surface area contributed by atoms with Crippen LogP contribution in [0.3, 0.4) is 0 Å². The first-order valence-corrected chi connectivity index (χ1v) is 25.6. The number of aromatic carboxylic acids is 2. The van der Waals surface area contributed by atoms with Crippen LogP contribution in [0.25, 0.3) is 0 Å². The standard InChI is InChI=1S/C30H37NO4S.C21H21N3O5S2/c1-19(2)25-17-27(20(3)4)29(28(18-25)21(5)6)36(34,35)31-26-15-11-23(12-16-26)8-7-22-9-13-24(14-10-22)30(32)33;1-13-20(30-21(22-13)23-14(2)25)31(28,29)24-18-11-7-16(8-12-18)4-3-15-5-9-17(10-6-15)19(26)27/h9-21,31H,7-8H2,1-6H3,(H,32,33);5-12,24H,3-4H2,1-2H3,(H,26,27)(H,22,23,25). The highest BCUT2D eigenvalue weighted by atomic mass is 32.2. The van der Waals surface area contributed by atoms with Gasteiger partial charge in [0.25, 0.3) is 20.0 Å². The van der Waals surface area contributed by atoms with Crippen LogP contribution in [0, 0.1) is 6.92 Å². The molecule has 5 N–H and O–H groups in total. The topological polar surface area (TPSA) is 209 Å². The number of hydrogen-bond acceptors (Lipinski definition) is 9. The van der Waals surface area contributed by atoms with Crippen molar-refractivity contribution in [2.45, 2.75) is 108 Å². The molecule has 16 heteroatoms. The zero-order valence-corrected chi connectivity index (χ0v) is 41.3. The molecule has 0 bridgehead atoms. The van der Waals surface area contributed by atoms with Crippen molar-refractivity contribution in [3.05, 3.63) is 165 Å². The van der Waals surface area contributed by atoms with Crippen molar-refractivity contribution in [1.82, 2.24) is 4.98 Å². The lowest BCUT2D eigenvalue weighted by atomic mass is 9.89. The van der Waals surface area contributed by atoms with E-state index in [2.05, 4.69) is 33.6 Å². The molecule has 354 valence electrons. The van der Waals surface area contributed by atoms with E-state index in [1.165, 1.54) is 6.92 Å². The number of nitrogens with one attached hydrogen (secondary N) is 3. The van der Waals surface area contributed by atoms with Gasteiger partial charge in [-0.05, 0) is 138 Å². The van der Waals surface area contributed by atoms with Crippen LogP contribution in [0.2, 0.25) is 0 Å². The summed E-state index contributed by atoms with van der Waals surface area (Å²) in [5, 5.41) is 20.7. The third kappa shape index (κ3) is 14.3.